The molecule has 0 aliphatic carbocycles. The van der Waals surface area contributed by atoms with Crippen LogP contribution in [-0.2, 0) is 10.9 Å². The first-order chi connectivity index (χ1) is 12.2. The van der Waals surface area contributed by atoms with Gasteiger partial charge in [-0.2, -0.15) is 44.8 Å². The van der Waals surface area contributed by atoms with Crippen LogP contribution in [0.2, 0.25) is 0 Å². The summed E-state index contributed by atoms with van der Waals surface area (Å²) in [5.74, 6) is 0. The molecule has 0 radical (unpaired) electrons. The molecule has 1 aliphatic rings. The lowest BCUT2D eigenvalue weighted by atomic mass is 10.1. The number of alkyl halides is 9. The van der Waals surface area contributed by atoms with Gasteiger partial charge in [0.25, 0.3) is 0 Å². The van der Waals surface area contributed by atoms with Gasteiger partial charge in [0.1, 0.15) is 6.10 Å². The van der Waals surface area contributed by atoms with E-state index in [0.717, 1.165) is 6.07 Å². The topological polar surface area (TPSA) is 56.5 Å². The summed E-state index contributed by atoms with van der Waals surface area (Å²) in [6.07, 6.45) is -24.3. The summed E-state index contributed by atoms with van der Waals surface area (Å²) in [5, 5.41) is 17.8. The summed E-state index contributed by atoms with van der Waals surface area (Å²) in [7, 11) is 0. The maximum Gasteiger partial charge on any atom is 0.433 e. The van der Waals surface area contributed by atoms with Crippen LogP contribution in [0.1, 0.15) is 11.1 Å². The molecule has 0 spiro atoms. The van der Waals surface area contributed by atoms with Gasteiger partial charge in [0.2, 0.25) is 6.23 Å². The van der Waals surface area contributed by atoms with Gasteiger partial charge >= 0.3 is 18.5 Å². The Morgan fingerprint density at radius 2 is 1.70 bits per heavy atom. The summed E-state index contributed by atoms with van der Waals surface area (Å²) < 4.78 is 120. The molecule has 150 valence electrons. The van der Waals surface area contributed by atoms with E-state index in [1.165, 1.54) is 6.07 Å². The number of aliphatic hydroxyl groups excluding tert-OH is 1. The third-order valence-corrected chi connectivity index (χ3v) is 3.69. The molecule has 0 saturated carbocycles. The van der Waals surface area contributed by atoms with Crippen LogP contribution < -0.4 is 4.90 Å². The zero-order chi connectivity index (χ0) is 20.8. The highest BCUT2D eigenvalue weighted by Gasteiger charge is 2.56. The Morgan fingerprint density at radius 1 is 1.11 bits per heavy atom. The monoisotopic (exact) mass is 408 g/mol. The molecule has 0 amide bonds. The van der Waals surface area contributed by atoms with Gasteiger partial charge in [-0.3, -0.25) is 0 Å². The lowest BCUT2D eigenvalue weighted by Crippen LogP contribution is -2.42. The fraction of sp³-hybridized carbons (Fsp3) is 0.500. The maximum absolute atomic E-state index is 13.1. The summed E-state index contributed by atoms with van der Waals surface area (Å²) >= 11 is 0. The van der Waals surface area contributed by atoms with Gasteiger partial charge in [-0.15, -0.1) is 0 Å². The average Bonchev–Trinajstić information content (AvgIpc) is 2.97. The Kier molecular flexibility index (Phi) is 5.28. The van der Waals surface area contributed by atoms with Crippen molar-refractivity contribution in [2.24, 2.45) is 0 Å². The van der Waals surface area contributed by atoms with E-state index in [0.29, 0.717) is 6.07 Å². The molecular formula is C14H9F9N2O2. The second-order valence-corrected chi connectivity index (χ2v) is 5.55. The van der Waals surface area contributed by atoms with Crippen molar-refractivity contribution in [3.8, 4) is 6.07 Å². The van der Waals surface area contributed by atoms with Crippen molar-refractivity contribution in [3.05, 3.63) is 29.3 Å². The van der Waals surface area contributed by atoms with E-state index in [4.69, 9.17) is 10.4 Å². The molecular weight excluding hydrogens is 399 g/mol. The maximum atomic E-state index is 13.1. The molecule has 1 heterocycles. The van der Waals surface area contributed by atoms with Crippen molar-refractivity contribution in [2.45, 2.75) is 37.0 Å². The molecule has 1 saturated heterocycles. The zero-order valence-electron chi connectivity index (χ0n) is 12.8. The first-order valence-corrected chi connectivity index (χ1v) is 7.01. The second kappa shape index (κ2) is 6.75. The molecule has 1 fully saturated rings. The van der Waals surface area contributed by atoms with Crippen LogP contribution in [0.15, 0.2) is 18.2 Å². The van der Waals surface area contributed by atoms with Crippen molar-refractivity contribution in [1.29, 1.82) is 5.26 Å². The average molecular weight is 408 g/mol. The SMILES string of the molecule is N#Cc1ccc(N2CC(C(O)C(F)(F)F)O[C@@H]2C(F)(F)F)cc1C(F)(F)F. The fourth-order valence-corrected chi connectivity index (χ4v) is 2.49. The number of nitrogens with zero attached hydrogens (tertiary/aromatic N) is 2. The minimum absolute atomic E-state index is 0.121. The van der Waals surface area contributed by atoms with Gasteiger partial charge in [-0.25, -0.2) is 0 Å². The molecule has 1 aliphatic heterocycles. The van der Waals surface area contributed by atoms with Gasteiger partial charge in [0.05, 0.1) is 17.2 Å². The Bertz CT molecular complexity index is 736. The quantitative estimate of drug-likeness (QED) is 0.761. The number of rotatable bonds is 2. The van der Waals surface area contributed by atoms with E-state index >= 15 is 0 Å². The third-order valence-electron chi connectivity index (χ3n) is 3.69. The number of nitriles is 1. The molecule has 13 heteroatoms. The van der Waals surface area contributed by atoms with Crippen LogP contribution in [0.25, 0.3) is 0 Å². The molecule has 0 bridgehead atoms. The highest BCUT2D eigenvalue weighted by atomic mass is 19.4. The molecule has 1 aromatic rings. The fourth-order valence-electron chi connectivity index (χ4n) is 2.49. The molecule has 1 aromatic carbocycles. The van der Waals surface area contributed by atoms with Gasteiger partial charge < -0.3 is 14.7 Å². The first-order valence-electron chi connectivity index (χ1n) is 7.01. The van der Waals surface area contributed by atoms with Crippen LogP contribution in [-0.4, -0.2) is 42.4 Å². The van der Waals surface area contributed by atoms with Crippen LogP contribution in [0.3, 0.4) is 0 Å². The molecule has 3 atom stereocenters. The van der Waals surface area contributed by atoms with Gasteiger partial charge in [-0.1, -0.05) is 0 Å². The largest absolute Gasteiger partial charge is 0.433 e. The number of halogens is 9. The summed E-state index contributed by atoms with van der Waals surface area (Å²) in [6, 6.07) is 2.76. The summed E-state index contributed by atoms with van der Waals surface area (Å²) in [6.45, 7) is -1.17. The van der Waals surface area contributed by atoms with E-state index in [9.17, 15) is 39.5 Å². The summed E-state index contributed by atoms with van der Waals surface area (Å²) in [5.41, 5.74) is -3.19. The predicted octanol–water partition coefficient (Wildman–Crippen LogP) is 3.59. The number of hydrogen-bond donors (Lipinski definition) is 1. The van der Waals surface area contributed by atoms with Gasteiger partial charge in [0.15, 0.2) is 6.10 Å². The highest BCUT2D eigenvalue weighted by molar-refractivity contribution is 5.56. The van der Waals surface area contributed by atoms with E-state index in [-0.39, 0.29) is 11.0 Å². The Morgan fingerprint density at radius 3 is 2.15 bits per heavy atom. The molecule has 27 heavy (non-hydrogen) atoms. The Labute approximate surface area is 145 Å². The highest BCUT2D eigenvalue weighted by Crippen LogP contribution is 2.40. The Balaban J connectivity index is 2.47. The van der Waals surface area contributed by atoms with E-state index < -0.39 is 60.3 Å². The van der Waals surface area contributed by atoms with Crippen molar-refractivity contribution in [3.63, 3.8) is 0 Å². The molecule has 2 rings (SSSR count). The van der Waals surface area contributed by atoms with Crippen molar-refractivity contribution in [1.82, 2.24) is 0 Å². The van der Waals surface area contributed by atoms with Crippen molar-refractivity contribution >= 4 is 5.69 Å². The van der Waals surface area contributed by atoms with Crippen LogP contribution in [0, 0.1) is 11.3 Å². The third kappa shape index (κ3) is 4.38. The van der Waals surface area contributed by atoms with E-state index in [2.05, 4.69) is 4.74 Å². The molecule has 0 aromatic heterocycles. The standard InChI is InChI=1S/C14H9F9N2O2/c15-12(16,17)8-3-7(2-1-6(8)4-24)25-5-9(10(26)13(18,19)20)27-11(25)14(21,22)23/h1-3,9-11,26H,5H2/t9?,10?,11-/m1/s1. The zero-order valence-corrected chi connectivity index (χ0v) is 12.8. The number of anilines is 1. The smallest absolute Gasteiger partial charge is 0.381 e. The van der Waals surface area contributed by atoms with E-state index in [1.54, 1.807) is 0 Å². The lowest BCUT2D eigenvalue weighted by Gasteiger charge is -2.27. The first kappa shape index (κ1) is 21.1. The Hall–Kier alpha value is -2.20. The van der Waals surface area contributed by atoms with E-state index in [1.807, 2.05) is 0 Å². The molecule has 2 unspecified atom stereocenters. The second-order valence-electron chi connectivity index (χ2n) is 5.55. The normalized spacial score (nSPS) is 22.6. The predicted molar refractivity (Wildman–Crippen MR) is 70.3 cm³/mol. The number of benzene rings is 1. The number of aliphatic hydroxyl groups is 1. The van der Waals surface area contributed by atoms with Gasteiger partial charge in [-0.05, 0) is 18.2 Å². The van der Waals surface area contributed by atoms with Gasteiger partial charge in [0, 0.05) is 12.2 Å². The van der Waals surface area contributed by atoms with Crippen molar-refractivity contribution < 1.29 is 49.4 Å². The lowest BCUT2D eigenvalue weighted by molar-refractivity contribution is -0.258. The van der Waals surface area contributed by atoms with Crippen molar-refractivity contribution in [2.75, 3.05) is 11.4 Å². The molecule has 1 N–H and O–H groups in total. The summed E-state index contributed by atoms with van der Waals surface area (Å²) in [4.78, 5) is 0.121. The minimum Gasteiger partial charge on any atom is -0.381 e. The number of ether oxygens (including phenoxy) is 1. The van der Waals surface area contributed by atoms with Crippen LogP contribution >= 0.6 is 0 Å². The van der Waals surface area contributed by atoms with Crippen LogP contribution in [0.4, 0.5) is 45.2 Å². The number of hydrogen-bond acceptors (Lipinski definition) is 4. The molecule has 4 nitrogen and oxygen atoms in total. The van der Waals surface area contributed by atoms with Crippen LogP contribution in [0.5, 0.6) is 0 Å². The minimum atomic E-state index is -5.29.